The molecule has 0 aliphatic carbocycles. The molecule has 3 aromatic carbocycles. The minimum absolute atomic E-state index is 0.0862. The number of ether oxygens (including phenoxy) is 2. The van der Waals surface area contributed by atoms with Gasteiger partial charge < -0.3 is 14.8 Å². The third-order valence-electron chi connectivity index (χ3n) is 5.09. The molecule has 168 valence electrons. The van der Waals surface area contributed by atoms with Crippen LogP contribution in [0.2, 0.25) is 5.02 Å². The van der Waals surface area contributed by atoms with Crippen LogP contribution in [0, 0.1) is 5.82 Å². The van der Waals surface area contributed by atoms with Gasteiger partial charge in [-0.1, -0.05) is 54.1 Å². The lowest BCUT2D eigenvalue weighted by Crippen LogP contribution is -2.30. The minimum Gasteiger partial charge on any atom is -0.493 e. The number of carbonyl (C=O) groups excluding carboxylic acids is 2. The maximum atomic E-state index is 13.9. The Bertz CT molecular complexity index is 1240. The standard InChI is InChI=1S/C25H20ClFN2O4/c1-32-23-13-16(10-11-22(23)33-15-18-7-2-4-8-19(18)26)12-21-24(30)29(25(31)28-21)14-17-6-3-5-9-20(17)27/h2-13H,14-15H2,1H3,(H,28,31)/b21-12+. The van der Waals surface area contributed by atoms with Crippen molar-refractivity contribution in [1.29, 1.82) is 0 Å². The Hall–Kier alpha value is -3.84. The van der Waals surface area contributed by atoms with Crippen LogP contribution in [0.15, 0.2) is 72.4 Å². The summed E-state index contributed by atoms with van der Waals surface area (Å²) in [4.78, 5) is 26.0. The van der Waals surface area contributed by atoms with Gasteiger partial charge in [0.15, 0.2) is 11.5 Å². The van der Waals surface area contributed by atoms with E-state index >= 15 is 0 Å². The number of imide groups is 1. The van der Waals surface area contributed by atoms with Gasteiger partial charge in [-0.25, -0.2) is 9.18 Å². The van der Waals surface area contributed by atoms with Crippen LogP contribution in [0.3, 0.4) is 0 Å². The molecular weight excluding hydrogens is 447 g/mol. The van der Waals surface area contributed by atoms with E-state index in [1.165, 1.54) is 25.3 Å². The monoisotopic (exact) mass is 466 g/mol. The lowest BCUT2D eigenvalue weighted by atomic mass is 10.1. The van der Waals surface area contributed by atoms with Crippen molar-refractivity contribution in [2.24, 2.45) is 0 Å². The Morgan fingerprint density at radius 1 is 1.00 bits per heavy atom. The maximum absolute atomic E-state index is 13.9. The molecule has 0 aromatic heterocycles. The second-order valence-electron chi connectivity index (χ2n) is 7.26. The zero-order valence-electron chi connectivity index (χ0n) is 17.7. The van der Waals surface area contributed by atoms with Crippen LogP contribution in [0.4, 0.5) is 9.18 Å². The first kappa shape index (κ1) is 22.4. The van der Waals surface area contributed by atoms with Gasteiger partial charge in [0.05, 0.1) is 13.7 Å². The van der Waals surface area contributed by atoms with E-state index in [1.807, 2.05) is 18.2 Å². The van der Waals surface area contributed by atoms with Gasteiger partial charge in [-0.2, -0.15) is 0 Å². The molecule has 0 spiro atoms. The third-order valence-corrected chi connectivity index (χ3v) is 5.46. The van der Waals surface area contributed by atoms with Gasteiger partial charge in [0.25, 0.3) is 5.91 Å². The summed E-state index contributed by atoms with van der Waals surface area (Å²) in [7, 11) is 1.51. The number of benzene rings is 3. The molecule has 4 rings (SSSR count). The predicted octanol–water partition coefficient (Wildman–Crippen LogP) is 5.16. The quantitative estimate of drug-likeness (QED) is 0.386. The van der Waals surface area contributed by atoms with Crippen molar-refractivity contribution >= 4 is 29.6 Å². The SMILES string of the molecule is COc1cc(/C=C2/NC(=O)N(Cc3ccccc3F)C2=O)ccc1OCc1ccccc1Cl. The van der Waals surface area contributed by atoms with E-state index in [0.717, 1.165) is 10.5 Å². The van der Waals surface area contributed by atoms with E-state index in [0.29, 0.717) is 22.1 Å². The number of urea groups is 1. The van der Waals surface area contributed by atoms with Gasteiger partial charge in [-0.3, -0.25) is 9.69 Å². The highest BCUT2D eigenvalue weighted by Gasteiger charge is 2.34. The van der Waals surface area contributed by atoms with Crippen LogP contribution in [0.5, 0.6) is 11.5 Å². The molecule has 1 heterocycles. The van der Waals surface area contributed by atoms with Crippen LogP contribution < -0.4 is 14.8 Å². The number of rotatable bonds is 7. The van der Waals surface area contributed by atoms with Crippen molar-refractivity contribution in [3.63, 3.8) is 0 Å². The lowest BCUT2D eigenvalue weighted by Gasteiger charge is -2.12. The molecule has 0 atom stereocenters. The van der Waals surface area contributed by atoms with E-state index in [2.05, 4.69) is 5.32 Å². The average molecular weight is 467 g/mol. The summed E-state index contributed by atoms with van der Waals surface area (Å²) >= 11 is 6.17. The van der Waals surface area contributed by atoms with Gasteiger partial charge in [0, 0.05) is 16.1 Å². The van der Waals surface area contributed by atoms with E-state index in [-0.39, 0.29) is 24.4 Å². The van der Waals surface area contributed by atoms with Gasteiger partial charge in [-0.15, -0.1) is 0 Å². The Balaban J connectivity index is 1.50. The molecule has 3 aromatic rings. The normalized spacial score (nSPS) is 14.5. The summed E-state index contributed by atoms with van der Waals surface area (Å²) in [6.07, 6.45) is 1.53. The zero-order chi connectivity index (χ0) is 23.4. The van der Waals surface area contributed by atoms with Gasteiger partial charge in [0.2, 0.25) is 0 Å². The van der Waals surface area contributed by atoms with Gasteiger partial charge in [-0.05, 0) is 35.9 Å². The van der Waals surface area contributed by atoms with Crippen LogP contribution in [-0.4, -0.2) is 23.9 Å². The minimum atomic E-state index is -0.610. The van der Waals surface area contributed by atoms with Crippen LogP contribution in [0.1, 0.15) is 16.7 Å². The van der Waals surface area contributed by atoms with Crippen LogP contribution in [-0.2, 0) is 17.9 Å². The molecule has 6 nitrogen and oxygen atoms in total. The second kappa shape index (κ2) is 9.75. The Morgan fingerprint density at radius 3 is 2.45 bits per heavy atom. The fourth-order valence-corrected chi connectivity index (χ4v) is 3.53. The number of hydrogen-bond acceptors (Lipinski definition) is 4. The van der Waals surface area contributed by atoms with E-state index in [9.17, 15) is 14.0 Å². The molecule has 1 saturated heterocycles. The first-order valence-electron chi connectivity index (χ1n) is 10.1. The smallest absolute Gasteiger partial charge is 0.329 e. The highest BCUT2D eigenvalue weighted by molar-refractivity contribution is 6.31. The van der Waals surface area contributed by atoms with Crippen LogP contribution in [0.25, 0.3) is 6.08 Å². The van der Waals surface area contributed by atoms with Crippen molar-refractivity contribution in [3.05, 3.63) is 100.0 Å². The first-order valence-corrected chi connectivity index (χ1v) is 10.5. The average Bonchev–Trinajstić information content (AvgIpc) is 3.07. The fourth-order valence-electron chi connectivity index (χ4n) is 3.34. The number of hydrogen-bond donors (Lipinski definition) is 1. The highest BCUT2D eigenvalue weighted by atomic mass is 35.5. The lowest BCUT2D eigenvalue weighted by molar-refractivity contribution is -0.123. The molecule has 1 aliphatic rings. The summed E-state index contributed by atoms with van der Waals surface area (Å²) in [6.45, 7) is 0.100. The number of methoxy groups -OCH3 is 1. The molecular formula is C25H20ClFN2O4. The molecule has 0 unspecified atom stereocenters. The largest absolute Gasteiger partial charge is 0.493 e. The molecule has 0 bridgehead atoms. The highest BCUT2D eigenvalue weighted by Crippen LogP contribution is 2.31. The summed E-state index contributed by atoms with van der Waals surface area (Å²) in [5, 5.41) is 3.14. The topological polar surface area (TPSA) is 67.9 Å². The molecule has 1 aliphatic heterocycles. The molecule has 0 radical (unpaired) electrons. The zero-order valence-corrected chi connectivity index (χ0v) is 18.4. The Kier molecular flexibility index (Phi) is 6.60. The number of amides is 3. The Labute approximate surface area is 195 Å². The summed E-state index contributed by atoms with van der Waals surface area (Å²) in [5.74, 6) is -0.0622. The van der Waals surface area contributed by atoms with Gasteiger partial charge in [0.1, 0.15) is 18.1 Å². The first-order chi connectivity index (χ1) is 16.0. The molecule has 1 fully saturated rings. The number of halogens is 2. The fraction of sp³-hybridized carbons (Fsp3) is 0.120. The van der Waals surface area contributed by atoms with Crippen LogP contribution >= 0.6 is 11.6 Å². The van der Waals surface area contributed by atoms with Gasteiger partial charge >= 0.3 is 6.03 Å². The molecule has 3 amide bonds. The number of nitrogens with zero attached hydrogens (tertiary/aromatic N) is 1. The van der Waals surface area contributed by atoms with E-state index in [1.54, 1.807) is 36.4 Å². The van der Waals surface area contributed by atoms with E-state index < -0.39 is 17.8 Å². The van der Waals surface area contributed by atoms with E-state index in [4.69, 9.17) is 21.1 Å². The molecule has 1 N–H and O–H groups in total. The summed E-state index contributed by atoms with van der Waals surface area (Å²) in [5.41, 5.74) is 1.79. The Morgan fingerprint density at radius 2 is 1.73 bits per heavy atom. The molecule has 0 saturated carbocycles. The third kappa shape index (κ3) is 4.99. The number of carbonyl (C=O) groups is 2. The second-order valence-corrected chi connectivity index (χ2v) is 7.67. The van der Waals surface area contributed by atoms with Crippen molar-refractivity contribution < 1.29 is 23.5 Å². The molecule has 33 heavy (non-hydrogen) atoms. The van der Waals surface area contributed by atoms with Crippen molar-refractivity contribution in [3.8, 4) is 11.5 Å². The predicted molar refractivity (Wildman–Crippen MR) is 122 cm³/mol. The number of nitrogens with one attached hydrogen (secondary N) is 1. The van der Waals surface area contributed by atoms with Crippen molar-refractivity contribution in [2.75, 3.05) is 7.11 Å². The van der Waals surface area contributed by atoms with Crippen molar-refractivity contribution in [2.45, 2.75) is 13.2 Å². The summed E-state index contributed by atoms with van der Waals surface area (Å²) in [6, 6.07) is 17.9. The maximum Gasteiger partial charge on any atom is 0.329 e. The van der Waals surface area contributed by atoms with Crippen molar-refractivity contribution in [1.82, 2.24) is 10.2 Å². The summed E-state index contributed by atoms with van der Waals surface area (Å²) < 4.78 is 25.2. The molecule has 8 heteroatoms.